The minimum Gasteiger partial charge on any atom is -0.223 e. The molecule has 0 unspecified atom stereocenters. The molecular formula is C10H4BrClN2S. The molecule has 1 heterocycles. The molecule has 2 nitrogen and oxygen atoms in total. The molecule has 15 heavy (non-hydrogen) atoms. The first-order valence-corrected chi connectivity index (χ1v) is 6.02. The van der Waals surface area contributed by atoms with E-state index in [1.807, 2.05) is 30.3 Å². The van der Waals surface area contributed by atoms with Crippen molar-refractivity contribution in [2.75, 3.05) is 0 Å². The van der Waals surface area contributed by atoms with Crippen molar-refractivity contribution in [3.05, 3.63) is 38.8 Å². The van der Waals surface area contributed by atoms with E-state index >= 15 is 0 Å². The molecule has 1 aromatic carbocycles. The second-order valence-corrected chi connectivity index (χ2v) is 5.03. The Kier molecular flexibility index (Phi) is 3.06. The average molecular weight is 300 g/mol. The minimum atomic E-state index is 0.275. The topological polar surface area (TPSA) is 36.7 Å². The maximum absolute atomic E-state index is 8.76. The minimum absolute atomic E-state index is 0.275. The third-order valence-electron chi connectivity index (χ3n) is 1.76. The molecule has 1 aromatic heterocycles. The van der Waals surface area contributed by atoms with Crippen molar-refractivity contribution in [1.29, 1.82) is 5.26 Å². The highest BCUT2D eigenvalue weighted by Gasteiger charge is 2.10. The summed E-state index contributed by atoms with van der Waals surface area (Å²) >= 11 is 10.5. The Labute approximate surface area is 104 Å². The van der Waals surface area contributed by atoms with Crippen LogP contribution in [0.4, 0.5) is 0 Å². The fourth-order valence-corrected chi connectivity index (χ4v) is 2.56. The van der Waals surface area contributed by atoms with Gasteiger partial charge in [-0.2, -0.15) is 5.26 Å². The van der Waals surface area contributed by atoms with Crippen molar-refractivity contribution in [2.45, 2.75) is 0 Å². The summed E-state index contributed by atoms with van der Waals surface area (Å²) in [4.78, 5) is 4.58. The van der Waals surface area contributed by atoms with Gasteiger partial charge in [0.05, 0.1) is 0 Å². The van der Waals surface area contributed by atoms with Crippen LogP contribution >= 0.6 is 38.9 Å². The number of rotatable bonds is 1. The van der Waals surface area contributed by atoms with Crippen molar-refractivity contribution in [2.24, 2.45) is 0 Å². The van der Waals surface area contributed by atoms with Crippen LogP contribution in [0.3, 0.4) is 0 Å². The number of nitrogens with zero attached hydrogens (tertiary/aromatic N) is 2. The zero-order chi connectivity index (χ0) is 10.8. The zero-order valence-electron chi connectivity index (χ0n) is 7.37. The zero-order valence-corrected chi connectivity index (χ0v) is 10.5. The molecule has 0 spiro atoms. The van der Waals surface area contributed by atoms with Gasteiger partial charge in [0.1, 0.15) is 16.0 Å². The van der Waals surface area contributed by atoms with Crippen molar-refractivity contribution in [1.82, 2.24) is 4.98 Å². The molecule has 74 valence electrons. The average Bonchev–Trinajstić information content (AvgIpc) is 2.60. The summed E-state index contributed by atoms with van der Waals surface area (Å²) in [6, 6.07) is 9.74. The molecular weight excluding hydrogens is 296 g/mol. The molecule has 0 fully saturated rings. The molecule has 0 N–H and O–H groups in total. The Hall–Kier alpha value is -0.890. The number of halogens is 2. The van der Waals surface area contributed by atoms with Gasteiger partial charge in [-0.3, -0.25) is 0 Å². The number of hydrogen-bond acceptors (Lipinski definition) is 3. The van der Waals surface area contributed by atoms with E-state index in [2.05, 4.69) is 20.9 Å². The first-order chi connectivity index (χ1) is 7.20. The van der Waals surface area contributed by atoms with Gasteiger partial charge in [0.25, 0.3) is 0 Å². The summed E-state index contributed by atoms with van der Waals surface area (Å²) in [5.74, 6) is 0. The van der Waals surface area contributed by atoms with Gasteiger partial charge in [-0.1, -0.05) is 39.7 Å². The normalized spacial score (nSPS) is 9.93. The molecule has 0 bridgehead atoms. The molecule has 0 aliphatic heterocycles. The van der Waals surface area contributed by atoms with Gasteiger partial charge in [0.15, 0.2) is 5.15 Å². The van der Waals surface area contributed by atoms with E-state index in [9.17, 15) is 0 Å². The molecule has 0 saturated carbocycles. The molecule has 2 aromatic rings. The highest BCUT2D eigenvalue weighted by Crippen LogP contribution is 2.31. The smallest absolute Gasteiger partial charge is 0.158 e. The molecule has 0 amide bonds. The van der Waals surface area contributed by atoms with Crippen LogP contribution in [0.2, 0.25) is 5.15 Å². The van der Waals surface area contributed by atoms with Gasteiger partial charge in [-0.15, -0.1) is 11.3 Å². The quantitative estimate of drug-likeness (QED) is 0.795. The van der Waals surface area contributed by atoms with E-state index in [1.165, 1.54) is 11.3 Å². The summed E-state index contributed by atoms with van der Waals surface area (Å²) in [6.07, 6.45) is 0. The maximum Gasteiger partial charge on any atom is 0.158 e. The van der Waals surface area contributed by atoms with Gasteiger partial charge in [-0.25, -0.2) is 4.98 Å². The third-order valence-corrected chi connectivity index (χ3v) is 3.65. The Balaban J connectivity index is 2.51. The lowest BCUT2D eigenvalue weighted by Crippen LogP contribution is -1.74. The Morgan fingerprint density at radius 3 is 2.87 bits per heavy atom. The van der Waals surface area contributed by atoms with Crippen LogP contribution in [0.1, 0.15) is 4.88 Å². The van der Waals surface area contributed by atoms with Crippen molar-refractivity contribution >= 4 is 38.9 Å². The molecule has 0 aliphatic carbocycles. The van der Waals surface area contributed by atoms with Gasteiger partial charge in [-0.05, 0) is 12.1 Å². The Morgan fingerprint density at radius 1 is 1.47 bits per heavy atom. The molecule has 2 rings (SSSR count). The van der Waals surface area contributed by atoms with Gasteiger partial charge < -0.3 is 0 Å². The molecule has 0 aliphatic rings. The third kappa shape index (κ3) is 2.20. The molecule has 0 radical (unpaired) electrons. The SMILES string of the molecule is N#Cc1sc(-c2cccc(Br)c2)nc1Cl. The molecule has 5 heteroatoms. The molecule has 0 atom stereocenters. The Morgan fingerprint density at radius 2 is 2.27 bits per heavy atom. The van der Waals surface area contributed by atoms with Crippen LogP contribution in [-0.4, -0.2) is 4.98 Å². The van der Waals surface area contributed by atoms with Crippen molar-refractivity contribution in [3.63, 3.8) is 0 Å². The summed E-state index contributed by atoms with van der Waals surface area (Å²) in [5, 5.41) is 9.80. The monoisotopic (exact) mass is 298 g/mol. The Bertz CT molecular complexity index is 545. The van der Waals surface area contributed by atoms with E-state index in [0.717, 1.165) is 15.0 Å². The summed E-state index contributed by atoms with van der Waals surface area (Å²) in [5.41, 5.74) is 0.956. The highest BCUT2D eigenvalue weighted by atomic mass is 79.9. The standard InChI is InChI=1S/C10H4BrClN2S/c11-7-3-1-2-6(4-7)10-14-9(12)8(5-13)15-10/h1-4H. The van der Waals surface area contributed by atoms with E-state index in [-0.39, 0.29) is 5.15 Å². The lowest BCUT2D eigenvalue weighted by Gasteiger charge is -1.95. The van der Waals surface area contributed by atoms with Crippen LogP contribution in [0.25, 0.3) is 10.6 Å². The number of nitriles is 1. The summed E-state index contributed by atoms with van der Waals surface area (Å²) in [6.45, 7) is 0. The van der Waals surface area contributed by atoms with Crippen LogP contribution in [-0.2, 0) is 0 Å². The van der Waals surface area contributed by atoms with Crippen molar-refractivity contribution < 1.29 is 0 Å². The fraction of sp³-hybridized carbons (Fsp3) is 0. The second-order valence-electron chi connectivity index (χ2n) is 2.76. The highest BCUT2D eigenvalue weighted by molar-refractivity contribution is 9.10. The maximum atomic E-state index is 8.76. The number of aromatic nitrogens is 1. The fourth-order valence-electron chi connectivity index (χ4n) is 1.12. The van der Waals surface area contributed by atoms with E-state index in [0.29, 0.717) is 4.88 Å². The lowest BCUT2D eigenvalue weighted by atomic mass is 10.2. The summed E-state index contributed by atoms with van der Waals surface area (Å²) < 4.78 is 0.977. The largest absolute Gasteiger partial charge is 0.223 e. The first-order valence-electron chi connectivity index (χ1n) is 4.03. The number of thiazole rings is 1. The predicted molar refractivity (Wildman–Crippen MR) is 65.0 cm³/mol. The number of benzene rings is 1. The van der Waals surface area contributed by atoms with Gasteiger partial charge in [0.2, 0.25) is 0 Å². The molecule has 0 saturated heterocycles. The van der Waals surface area contributed by atoms with Crippen molar-refractivity contribution in [3.8, 4) is 16.6 Å². The van der Waals surface area contributed by atoms with Gasteiger partial charge in [0, 0.05) is 10.0 Å². The van der Waals surface area contributed by atoms with Crippen LogP contribution < -0.4 is 0 Å². The predicted octanol–water partition coefficient (Wildman–Crippen LogP) is 4.10. The van der Waals surface area contributed by atoms with E-state index in [1.54, 1.807) is 0 Å². The van der Waals surface area contributed by atoms with E-state index < -0.39 is 0 Å². The van der Waals surface area contributed by atoms with Crippen LogP contribution in [0, 0.1) is 11.3 Å². The van der Waals surface area contributed by atoms with Crippen LogP contribution in [0.5, 0.6) is 0 Å². The van der Waals surface area contributed by atoms with Crippen LogP contribution in [0.15, 0.2) is 28.7 Å². The summed E-state index contributed by atoms with van der Waals surface area (Å²) in [7, 11) is 0. The lowest BCUT2D eigenvalue weighted by molar-refractivity contribution is 1.39. The number of hydrogen-bond donors (Lipinski definition) is 0. The first kappa shape index (κ1) is 10.6. The van der Waals surface area contributed by atoms with Gasteiger partial charge >= 0.3 is 0 Å². The second kappa shape index (κ2) is 4.31. The van der Waals surface area contributed by atoms with E-state index in [4.69, 9.17) is 16.9 Å².